The molecule has 0 aliphatic carbocycles. The molecule has 0 unspecified atom stereocenters. The third-order valence-electron chi connectivity index (χ3n) is 3.33. The number of carbonyl (C=O) groups is 1. The number of rotatable bonds is 2. The number of para-hydroxylation sites is 1. The number of halogens is 2. The lowest BCUT2D eigenvalue weighted by atomic mass is 10.1. The van der Waals surface area contributed by atoms with Gasteiger partial charge >= 0.3 is 0 Å². The van der Waals surface area contributed by atoms with Crippen LogP contribution in [-0.4, -0.2) is 17.4 Å². The minimum Gasteiger partial charge on any atom is -0.483 e. The maximum absolute atomic E-state index is 13.2. The molecule has 3 rings (SSSR count). The first-order chi connectivity index (χ1) is 10.1. The summed E-state index contributed by atoms with van der Waals surface area (Å²) in [6.07, 6.45) is 0. The molecule has 1 aliphatic rings. The van der Waals surface area contributed by atoms with Gasteiger partial charge in [0.05, 0.1) is 0 Å². The number of carbonyl (C=O) groups excluding carboxylic acids is 1. The molecule has 2 aromatic rings. The van der Waals surface area contributed by atoms with Crippen molar-refractivity contribution in [2.45, 2.75) is 13.1 Å². The number of hydrogen-bond donors (Lipinski definition) is 0. The average Bonchev–Trinajstić information content (AvgIpc) is 2.58. The van der Waals surface area contributed by atoms with Gasteiger partial charge in [-0.2, -0.15) is 0 Å². The largest absolute Gasteiger partial charge is 0.483 e. The number of ether oxygens (including phenoxy) is 1. The highest BCUT2D eigenvalue weighted by Gasteiger charge is 2.21. The molecule has 2 aromatic carbocycles. The fourth-order valence-corrected chi connectivity index (χ4v) is 2.37. The zero-order valence-electron chi connectivity index (χ0n) is 11.2. The Morgan fingerprint density at radius 2 is 1.81 bits per heavy atom. The van der Waals surface area contributed by atoms with E-state index in [0.29, 0.717) is 17.9 Å². The van der Waals surface area contributed by atoms with E-state index in [-0.39, 0.29) is 19.1 Å². The van der Waals surface area contributed by atoms with E-state index in [2.05, 4.69) is 0 Å². The van der Waals surface area contributed by atoms with Crippen LogP contribution in [0.1, 0.15) is 11.1 Å². The van der Waals surface area contributed by atoms with Gasteiger partial charge in [-0.3, -0.25) is 4.79 Å². The molecule has 0 N–H and O–H groups in total. The van der Waals surface area contributed by atoms with Gasteiger partial charge in [0.15, 0.2) is 6.61 Å². The summed E-state index contributed by atoms with van der Waals surface area (Å²) in [6.45, 7) is 0.424. The summed E-state index contributed by atoms with van der Waals surface area (Å²) in [7, 11) is 0. The summed E-state index contributed by atoms with van der Waals surface area (Å²) in [5.41, 5.74) is 1.29. The second-order valence-corrected chi connectivity index (χ2v) is 4.92. The van der Waals surface area contributed by atoms with Crippen LogP contribution in [-0.2, 0) is 17.9 Å². The molecule has 5 heteroatoms. The first-order valence-electron chi connectivity index (χ1n) is 6.55. The Labute approximate surface area is 120 Å². The average molecular weight is 289 g/mol. The smallest absolute Gasteiger partial charge is 0.261 e. The van der Waals surface area contributed by atoms with Gasteiger partial charge in [0, 0.05) is 24.7 Å². The van der Waals surface area contributed by atoms with Crippen molar-refractivity contribution in [3.05, 3.63) is 65.2 Å². The molecule has 3 nitrogen and oxygen atoms in total. The maximum Gasteiger partial charge on any atom is 0.261 e. The topological polar surface area (TPSA) is 29.5 Å². The van der Waals surface area contributed by atoms with Crippen molar-refractivity contribution in [1.82, 2.24) is 4.90 Å². The molecule has 0 aromatic heterocycles. The van der Waals surface area contributed by atoms with Crippen LogP contribution in [0.15, 0.2) is 42.5 Å². The van der Waals surface area contributed by atoms with Crippen molar-refractivity contribution in [2.75, 3.05) is 6.61 Å². The molecule has 0 fully saturated rings. The van der Waals surface area contributed by atoms with Crippen LogP contribution in [0.4, 0.5) is 8.78 Å². The molecule has 0 radical (unpaired) electrons. The molecule has 108 valence electrons. The summed E-state index contributed by atoms with van der Waals surface area (Å²) in [6, 6.07) is 10.6. The number of benzene rings is 2. The summed E-state index contributed by atoms with van der Waals surface area (Å²) in [5, 5.41) is 0. The summed E-state index contributed by atoms with van der Waals surface area (Å²) in [5.74, 6) is -0.845. The fourth-order valence-electron chi connectivity index (χ4n) is 2.37. The monoisotopic (exact) mass is 289 g/mol. The predicted octanol–water partition coefficient (Wildman–Crippen LogP) is 2.89. The summed E-state index contributed by atoms with van der Waals surface area (Å²) in [4.78, 5) is 13.6. The van der Waals surface area contributed by atoms with Crippen molar-refractivity contribution in [1.29, 1.82) is 0 Å². The molecule has 0 saturated heterocycles. The van der Waals surface area contributed by atoms with Gasteiger partial charge in [-0.05, 0) is 23.8 Å². The Bertz CT molecular complexity index is 667. The number of amides is 1. The molecule has 1 aliphatic heterocycles. The highest BCUT2D eigenvalue weighted by atomic mass is 19.1. The van der Waals surface area contributed by atoms with Gasteiger partial charge in [0.25, 0.3) is 5.91 Å². The molecule has 1 heterocycles. The maximum atomic E-state index is 13.2. The van der Waals surface area contributed by atoms with Crippen molar-refractivity contribution < 1.29 is 18.3 Å². The van der Waals surface area contributed by atoms with Gasteiger partial charge in [-0.1, -0.05) is 18.2 Å². The normalized spacial score (nSPS) is 14.4. The first-order valence-corrected chi connectivity index (χ1v) is 6.55. The van der Waals surface area contributed by atoms with Gasteiger partial charge in [-0.25, -0.2) is 8.78 Å². The molecule has 0 bridgehead atoms. The van der Waals surface area contributed by atoms with Gasteiger partial charge in [-0.15, -0.1) is 0 Å². The Hall–Kier alpha value is -2.43. The van der Waals surface area contributed by atoms with E-state index >= 15 is 0 Å². The van der Waals surface area contributed by atoms with Gasteiger partial charge in [0.2, 0.25) is 0 Å². The van der Waals surface area contributed by atoms with Crippen molar-refractivity contribution >= 4 is 5.91 Å². The van der Waals surface area contributed by atoms with E-state index in [4.69, 9.17) is 4.74 Å². The standard InChI is InChI=1S/C16H13F2NO2/c17-13-5-11(6-14(18)7-13)8-19-9-12-3-1-2-4-15(12)21-10-16(19)20/h1-7H,8-10H2. The molecular formula is C16H13F2NO2. The Morgan fingerprint density at radius 1 is 1.10 bits per heavy atom. The van der Waals surface area contributed by atoms with Gasteiger partial charge in [0.1, 0.15) is 17.4 Å². The van der Waals surface area contributed by atoms with Crippen LogP contribution in [0.25, 0.3) is 0 Å². The van der Waals surface area contributed by atoms with Crippen molar-refractivity contribution in [2.24, 2.45) is 0 Å². The van der Waals surface area contributed by atoms with E-state index in [1.54, 1.807) is 6.07 Å². The molecule has 0 atom stereocenters. The molecule has 1 amide bonds. The number of nitrogens with zero attached hydrogens (tertiary/aromatic N) is 1. The van der Waals surface area contributed by atoms with E-state index in [1.807, 2.05) is 18.2 Å². The fraction of sp³-hybridized carbons (Fsp3) is 0.188. The van der Waals surface area contributed by atoms with Crippen LogP contribution >= 0.6 is 0 Å². The van der Waals surface area contributed by atoms with Crippen LogP contribution in [0, 0.1) is 11.6 Å². The highest BCUT2D eigenvalue weighted by molar-refractivity contribution is 5.78. The highest BCUT2D eigenvalue weighted by Crippen LogP contribution is 2.24. The number of hydrogen-bond acceptors (Lipinski definition) is 2. The molecular weight excluding hydrogens is 276 g/mol. The second kappa shape index (κ2) is 5.52. The minimum absolute atomic E-state index is 0.0746. The SMILES string of the molecule is O=C1COc2ccccc2CN1Cc1cc(F)cc(F)c1. The quantitative estimate of drug-likeness (QED) is 0.851. The zero-order chi connectivity index (χ0) is 14.8. The minimum atomic E-state index is -0.649. The lowest BCUT2D eigenvalue weighted by Crippen LogP contribution is -2.31. The first kappa shape index (κ1) is 13.5. The third kappa shape index (κ3) is 3.02. The van der Waals surface area contributed by atoms with E-state index < -0.39 is 11.6 Å². The zero-order valence-corrected chi connectivity index (χ0v) is 11.2. The molecule has 0 saturated carbocycles. The van der Waals surface area contributed by atoms with E-state index in [1.165, 1.54) is 17.0 Å². The lowest BCUT2D eigenvalue weighted by molar-refractivity contribution is -0.133. The number of fused-ring (bicyclic) bond motifs is 1. The second-order valence-electron chi connectivity index (χ2n) is 4.92. The van der Waals surface area contributed by atoms with Crippen LogP contribution in [0.2, 0.25) is 0 Å². The Morgan fingerprint density at radius 3 is 2.57 bits per heavy atom. The lowest BCUT2D eigenvalue weighted by Gasteiger charge is -2.20. The van der Waals surface area contributed by atoms with Gasteiger partial charge < -0.3 is 9.64 Å². The summed E-state index contributed by atoms with van der Waals surface area (Å²) >= 11 is 0. The summed E-state index contributed by atoms with van der Waals surface area (Å²) < 4.78 is 31.9. The Balaban J connectivity index is 1.85. The van der Waals surface area contributed by atoms with Crippen LogP contribution < -0.4 is 4.74 Å². The van der Waals surface area contributed by atoms with Crippen molar-refractivity contribution in [3.8, 4) is 5.75 Å². The van der Waals surface area contributed by atoms with Crippen LogP contribution in [0.3, 0.4) is 0 Å². The third-order valence-corrected chi connectivity index (χ3v) is 3.33. The van der Waals surface area contributed by atoms with Crippen LogP contribution in [0.5, 0.6) is 5.75 Å². The Kier molecular flexibility index (Phi) is 3.56. The van der Waals surface area contributed by atoms with E-state index in [9.17, 15) is 13.6 Å². The molecule has 21 heavy (non-hydrogen) atoms. The van der Waals surface area contributed by atoms with Crippen molar-refractivity contribution in [3.63, 3.8) is 0 Å². The molecule has 0 spiro atoms. The predicted molar refractivity (Wildman–Crippen MR) is 72.5 cm³/mol. The van der Waals surface area contributed by atoms with E-state index in [0.717, 1.165) is 11.6 Å².